The third-order valence-corrected chi connectivity index (χ3v) is 12.2. The van der Waals surface area contributed by atoms with Crippen LogP contribution < -0.4 is 4.90 Å². The van der Waals surface area contributed by atoms with E-state index < -0.39 is 0 Å². The summed E-state index contributed by atoms with van der Waals surface area (Å²) in [7, 11) is 0. The maximum Gasteiger partial charge on any atom is 0.137 e. The molecule has 0 amide bonds. The Balaban J connectivity index is 0.978. The van der Waals surface area contributed by atoms with E-state index in [1.807, 2.05) is 6.07 Å². The second-order valence-corrected chi connectivity index (χ2v) is 15.7. The van der Waals surface area contributed by atoms with Gasteiger partial charge in [0.1, 0.15) is 11.2 Å². The van der Waals surface area contributed by atoms with Crippen molar-refractivity contribution in [2.75, 3.05) is 4.90 Å². The van der Waals surface area contributed by atoms with Crippen LogP contribution in [-0.2, 0) is 0 Å². The van der Waals surface area contributed by atoms with E-state index in [4.69, 9.17) is 4.42 Å². The second-order valence-electron chi connectivity index (χ2n) is 15.7. The van der Waals surface area contributed by atoms with E-state index >= 15 is 0 Å². The van der Waals surface area contributed by atoms with Crippen molar-refractivity contribution >= 4 is 82.1 Å². The summed E-state index contributed by atoms with van der Waals surface area (Å²) in [5, 5.41) is 12.3. The van der Waals surface area contributed by atoms with Gasteiger partial charge in [0, 0.05) is 16.8 Å². The quantitative estimate of drug-likeness (QED) is 0.157. The molecule has 11 aromatic carbocycles. The molecule has 0 aliphatic carbocycles. The number of hydrogen-bond donors (Lipinski definition) is 0. The van der Waals surface area contributed by atoms with Crippen LogP contribution >= 0.6 is 0 Å². The normalized spacial score (nSPS) is 11.7. The lowest BCUT2D eigenvalue weighted by atomic mass is 9.94. The Morgan fingerprint density at radius 2 is 0.800 bits per heavy atom. The van der Waals surface area contributed by atoms with Gasteiger partial charge in [-0.2, -0.15) is 0 Å². The Bertz CT molecular complexity index is 3610. The molecule has 0 spiro atoms. The first-order chi connectivity index (χ1) is 29.7. The van der Waals surface area contributed by atoms with Crippen LogP contribution in [0.15, 0.2) is 229 Å². The van der Waals surface area contributed by atoms with Gasteiger partial charge in [0.15, 0.2) is 0 Å². The summed E-state index contributed by atoms with van der Waals surface area (Å²) >= 11 is 0. The number of nitrogens with zero attached hydrogens (tertiary/aromatic N) is 1. The maximum atomic E-state index is 6.45. The molecule has 1 aromatic heterocycles. The number of fused-ring (bicyclic) bond motifs is 9. The van der Waals surface area contributed by atoms with Crippen molar-refractivity contribution in [1.29, 1.82) is 0 Å². The molecule has 1 heterocycles. The number of benzene rings is 11. The Morgan fingerprint density at radius 1 is 0.283 bits per heavy atom. The SMILES string of the molecule is c1cc(-c2ccc(-c3ccc4c(ccc5ccccc54)c3)cc2)cc(N(c2cccc(-c3cccc4c3ccc3ccccc34)c2)c2cccc3oc4ccccc4c23)c1. The Labute approximate surface area is 347 Å². The maximum absolute atomic E-state index is 6.45. The second kappa shape index (κ2) is 13.9. The van der Waals surface area contributed by atoms with E-state index in [-0.39, 0.29) is 0 Å². The van der Waals surface area contributed by atoms with Gasteiger partial charge in [-0.1, -0.05) is 176 Å². The largest absolute Gasteiger partial charge is 0.456 e. The monoisotopic (exact) mass is 763 g/mol. The van der Waals surface area contributed by atoms with Crippen LogP contribution in [-0.4, -0.2) is 0 Å². The minimum absolute atomic E-state index is 0.865. The van der Waals surface area contributed by atoms with Crippen LogP contribution in [0.3, 0.4) is 0 Å². The molecule has 0 N–H and O–H groups in total. The molecule has 0 bridgehead atoms. The first-order valence-electron chi connectivity index (χ1n) is 20.6. The molecule has 0 saturated carbocycles. The molecule has 280 valence electrons. The summed E-state index contributed by atoms with van der Waals surface area (Å²) in [4.78, 5) is 2.39. The minimum atomic E-state index is 0.865. The first-order valence-corrected chi connectivity index (χ1v) is 20.6. The summed E-state index contributed by atoms with van der Waals surface area (Å²) in [6.07, 6.45) is 0. The Kier molecular flexibility index (Phi) is 7.89. The summed E-state index contributed by atoms with van der Waals surface area (Å²) < 4.78 is 6.45. The van der Waals surface area contributed by atoms with E-state index in [9.17, 15) is 0 Å². The zero-order valence-electron chi connectivity index (χ0n) is 32.7. The topological polar surface area (TPSA) is 16.4 Å². The Morgan fingerprint density at radius 3 is 1.58 bits per heavy atom. The van der Waals surface area contributed by atoms with Crippen molar-refractivity contribution in [2.45, 2.75) is 0 Å². The van der Waals surface area contributed by atoms with Crippen LogP contribution in [0.4, 0.5) is 17.1 Å². The van der Waals surface area contributed by atoms with Crippen LogP contribution in [0.2, 0.25) is 0 Å². The molecule has 0 aliphatic heterocycles. The molecule has 0 fully saturated rings. The molecule has 12 aromatic rings. The number of rotatable bonds is 6. The molecule has 0 unspecified atom stereocenters. The fourth-order valence-corrected chi connectivity index (χ4v) is 9.35. The van der Waals surface area contributed by atoms with Gasteiger partial charge in [0.05, 0.1) is 11.1 Å². The molecule has 12 rings (SSSR count). The highest BCUT2D eigenvalue weighted by Crippen LogP contribution is 2.45. The average molecular weight is 764 g/mol. The summed E-state index contributed by atoms with van der Waals surface area (Å²) in [6.45, 7) is 0. The molecule has 60 heavy (non-hydrogen) atoms. The van der Waals surface area contributed by atoms with Crippen LogP contribution in [0.5, 0.6) is 0 Å². The van der Waals surface area contributed by atoms with Crippen LogP contribution in [0, 0.1) is 0 Å². The van der Waals surface area contributed by atoms with Crippen molar-refractivity contribution in [3.8, 4) is 33.4 Å². The van der Waals surface area contributed by atoms with Crippen molar-refractivity contribution in [3.05, 3.63) is 224 Å². The van der Waals surface area contributed by atoms with E-state index in [1.54, 1.807) is 0 Å². The summed E-state index contributed by atoms with van der Waals surface area (Å²) in [6, 6.07) is 81.3. The van der Waals surface area contributed by atoms with Crippen molar-refractivity contribution in [1.82, 2.24) is 0 Å². The van der Waals surface area contributed by atoms with E-state index in [1.165, 1.54) is 59.8 Å². The highest BCUT2D eigenvalue weighted by Gasteiger charge is 2.21. The average Bonchev–Trinajstić information content (AvgIpc) is 3.71. The zero-order chi connectivity index (χ0) is 39.6. The lowest BCUT2D eigenvalue weighted by Gasteiger charge is -2.27. The van der Waals surface area contributed by atoms with Gasteiger partial charge in [-0.3, -0.25) is 0 Å². The standard InChI is InChI=1S/C58H37NO/c1-3-17-48-40(11-1)29-30-45-35-43(32-33-51(45)48)39-27-25-38(26-28-39)42-13-7-15-46(36-42)59(55-22-10-24-57-58(55)54-19-5-6-23-56(54)60-57)47-16-8-14-44(37-47)50-20-9-21-52-49-18-4-2-12-41(49)31-34-53(50)52/h1-37H. The molecule has 0 aliphatic rings. The van der Waals surface area contributed by atoms with E-state index in [0.717, 1.165) is 55.7 Å². The highest BCUT2D eigenvalue weighted by atomic mass is 16.3. The number of anilines is 3. The number of hydrogen-bond acceptors (Lipinski definition) is 2. The van der Waals surface area contributed by atoms with Crippen molar-refractivity contribution < 1.29 is 4.42 Å². The molecular weight excluding hydrogens is 727 g/mol. The van der Waals surface area contributed by atoms with Gasteiger partial charge in [0.25, 0.3) is 0 Å². The minimum Gasteiger partial charge on any atom is -0.456 e. The molecule has 0 saturated heterocycles. The fourth-order valence-electron chi connectivity index (χ4n) is 9.35. The summed E-state index contributed by atoms with van der Waals surface area (Å²) in [5.74, 6) is 0. The fraction of sp³-hybridized carbons (Fsp3) is 0. The highest BCUT2D eigenvalue weighted by molar-refractivity contribution is 6.15. The van der Waals surface area contributed by atoms with Crippen LogP contribution in [0.25, 0.3) is 98.4 Å². The predicted octanol–water partition coefficient (Wildman–Crippen LogP) is 16.7. The lowest BCUT2D eigenvalue weighted by Crippen LogP contribution is -2.10. The molecule has 2 nitrogen and oxygen atoms in total. The molecular formula is C58H37NO. The smallest absolute Gasteiger partial charge is 0.137 e. The first kappa shape index (κ1) is 34.1. The third kappa shape index (κ3) is 5.65. The molecule has 2 heteroatoms. The van der Waals surface area contributed by atoms with Gasteiger partial charge in [-0.05, 0) is 125 Å². The van der Waals surface area contributed by atoms with Gasteiger partial charge in [0.2, 0.25) is 0 Å². The third-order valence-electron chi connectivity index (χ3n) is 12.2. The summed E-state index contributed by atoms with van der Waals surface area (Å²) in [5.41, 5.74) is 12.0. The lowest BCUT2D eigenvalue weighted by molar-refractivity contribution is 0.669. The van der Waals surface area contributed by atoms with Crippen molar-refractivity contribution in [3.63, 3.8) is 0 Å². The van der Waals surface area contributed by atoms with Crippen LogP contribution in [0.1, 0.15) is 0 Å². The van der Waals surface area contributed by atoms with Gasteiger partial charge < -0.3 is 9.32 Å². The number of furan rings is 1. The van der Waals surface area contributed by atoms with Gasteiger partial charge >= 0.3 is 0 Å². The molecule has 0 radical (unpaired) electrons. The molecule has 0 atom stereocenters. The zero-order valence-corrected chi connectivity index (χ0v) is 32.7. The van der Waals surface area contributed by atoms with E-state index in [2.05, 4.69) is 223 Å². The van der Waals surface area contributed by atoms with Gasteiger partial charge in [-0.25, -0.2) is 0 Å². The predicted molar refractivity (Wildman–Crippen MR) is 255 cm³/mol. The Hall–Kier alpha value is -7.94. The van der Waals surface area contributed by atoms with Crippen molar-refractivity contribution in [2.24, 2.45) is 0 Å². The van der Waals surface area contributed by atoms with Gasteiger partial charge in [-0.15, -0.1) is 0 Å². The number of para-hydroxylation sites is 1. The van der Waals surface area contributed by atoms with E-state index in [0.29, 0.717) is 0 Å².